The molecule has 0 spiro atoms. The van der Waals surface area contributed by atoms with E-state index in [9.17, 15) is 9.59 Å². The van der Waals surface area contributed by atoms with Crippen LogP contribution in [0.25, 0.3) is 0 Å². The van der Waals surface area contributed by atoms with Gasteiger partial charge in [0.1, 0.15) is 11.5 Å². The third kappa shape index (κ3) is 6.01. The summed E-state index contributed by atoms with van der Waals surface area (Å²) in [7, 11) is 0. The Hall–Kier alpha value is -3.02. The zero-order valence-electron chi connectivity index (χ0n) is 16.7. The quantitative estimate of drug-likeness (QED) is 0.646. The highest BCUT2D eigenvalue weighted by Gasteiger charge is 2.18. The summed E-state index contributed by atoms with van der Waals surface area (Å²) in [6, 6.07) is 13.8. The first-order chi connectivity index (χ1) is 13.4. The number of esters is 1. The van der Waals surface area contributed by atoms with E-state index in [-0.39, 0.29) is 12.0 Å². The van der Waals surface area contributed by atoms with Gasteiger partial charge in [0.05, 0.1) is 18.4 Å². The second-order valence-electron chi connectivity index (χ2n) is 6.32. The summed E-state index contributed by atoms with van der Waals surface area (Å²) in [6.45, 7) is 7.81. The lowest BCUT2D eigenvalue weighted by molar-refractivity contribution is -0.155. The molecular formula is C22H27NO5. The zero-order chi connectivity index (χ0) is 20.5. The Kier molecular flexibility index (Phi) is 7.87. The van der Waals surface area contributed by atoms with Crippen molar-refractivity contribution in [2.24, 2.45) is 0 Å². The first-order valence-corrected chi connectivity index (χ1v) is 9.45. The molecule has 0 aliphatic heterocycles. The maximum absolute atomic E-state index is 12.5. The number of amides is 1. The highest BCUT2D eigenvalue weighted by atomic mass is 16.6. The molecule has 6 heteroatoms. The Morgan fingerprint density at radius 1 is 1.00 bits per heavy atom. The fourth-order valence-corrected chi connectivity index (χ4v) is 2.36. The van der Waals surface area contributed by atoms with Gasteiger partial charge in [-0.15, -0.1) is 0 Å². The fraction of sp³-hybridized carbons (Fsp3) is 0.364. The topological polar surface area (TPSA) is 73.9 Å². The van der Waals surface area contributed by atoms with Crippen molar-refractivity contribution in [1.82, 2.24) is 0 Å². The normalized spacial score (nSPS) is 12.6. The summed E-state index contributed by atoms with van der Waals surface area (Å²) in [5.41, 5.74) is 1.07. The van der Waals surface area contributed by atoms with Crippen LogP contribution in [0.1, 0.15) is 44.5 Å². The van der Waals surface area contributed by atoms with Gasteiger partial charge in [-0.2, -0.15) is 0 Å². The number of ether oxygens (including phenoxy) is 3. The zero-order valence-corrected chi connectivity index (χ0v) is 16.7. The maximum atomic E-state index is 12.5. The van der Waals surface area contributed by atoms with E-state index in [2.05, 4.69) is 5.32 Å². The van der Waals surface area contributed by atoms with E-state index >= 15 is 0 Å². The molecule has 28 heavy (non-hydrogen) atoms. The predicted octanol–water partition coefficient (Wildman–Crippen LogP) is 4.45. The van der Waals surface area contributed by atoms with E-state index in [1.165, 1.54) is 0 Å². The minimum absolute atomic E-state index is 0.149. The molecule has 0 aromatic heterocycles. The van der Waals surface area contributed by atoms with E-state index < -0.39 is 12.1 Å². The summed E-state index contributed by atoms with van der Waals surface area (Å²) in [6.07, 6.45) is -0.134. The second-order valence-corrected chi connectivity index (χ2v) is 6.32. The summed E-state index contributed by atoms with van der Waals surface area (Å²) in [4.78, 5) is 24.4. The molecule has 0 radical (unpaired) electrons. The van der Waals surface area contributed by atoms with E-state index in [4.69, 9.17) is 14.2 Å². The van der Waals surface area contributed by atoms with Gasteiger partial charge in [0.25, 0.3) is 5.91 Å². The smallest absolute Gasteiger partial charge is 0.347 e. The largest absolute Gasteiger partial charge is 0.492 e. The van der Waals surface area contributed by atoms with Crippen molar-refractivity contribution in [1.29, 1.82) is 0 Å². The molecule has 150 valence electrons. The molecule has 0 saturated carbocycles. The van der Waals surface area contributed by atoms with Crippen molar-refractivity contribution in [3.63, 3.8) is 0 Å². The molecule has 1 N–H and O–H groups in total. The number of hydrogen-bond donors (Lipinski definition) is 1. The first-order valence-electron chi connectivity index (χ1n) is 9.45. The van der Waals surface area contributed by atoms with Gasteiger partial charge in [-0.05, 0) is 63.6 Å². The highest BCUT2D eigenvalue weighted by molar-refractivity contribution is 6.05. The van der Waals surface area contributed by atoms with Crippen molar-refractivity contribution < 1.29 is 23.8 Å². The molecule has 0 saturated heterocycles. The standard InChI is InChI=1S/C22H27NO5/c1-5-15(3)27-22(25)16(4)28-18-13-11-17(12-14-18)21(24)23-19-9-7-8-10-20(19)26-6-2/h7-16H,5-6H2,1-4H3,(H,23,24)/t15-,16+/m0/s1. The molecule has 2 aromatic rings. The number of carbonyl (C=O) groups excluding carboxylic acids is 2. The number of rotatable bonds is 9. The van der Waals surface area contributed by atoms with E-state index in [1.54, 1.807) is 43.3 Å². The van der Waals surface area contributed by atoms with Crippen molar-refractivity contribution in [3.05, 3.63) is 54.1 Å². The summed E-state index contributed by atoms with van der Waals surface area (Å²) in [5, 5.41) is 2.84. The fourth-order valence-electron chi connectivity index (χ4n) is 2.36. The Labute approximate surface area is 165 Å². The van der Waals surface area contributed by atoms with Gasteiger partial charge in [0, 0.05) is 5.56 Å². The number of benzene rings is 2. The molecule has 0 aliphatic carbocycles. The molecule has 2 aromatic carbocycles. The van der Waals surface area contributed by atoms with Gasteiger partial charge in [-0.25, -0.2) is 4.79 Å². The molecule has 1 amide bonds. The van der Waals surface area contributed by atoms with Gasteiger partial charge in [-0.3, -0.25) is 4.79 Å². The Balaban J connectivity index is 1.98. The van der Waals surface area contributed by atoms with Crippen molar-refractivity contribution in [2.45, 2.75) is 46.3 Å². The van der Waals surface area contributed by atoms with Crippen molar-refractivity contribution in [3.8, 4) is 11.5 Å². The lowest BCUT2D eigenvalue weighted by atomic mass is 10.2. The summed E-state index contributed by atoms with van der Waals surface area (Å²) >= 11 is 0. The van der Waals surface area contributed by atoms with Crippen LogP contribution < -0.4 is 14.8 Å². The Morgan fingerprint density at radius 3 is 2.32 bits per heavy atom. The third-order valence-electron chi connectivity index (χ3n) is 4.09. The maximum Gasteiger partial charge on any atom is 0.347 e. The van der Waals surface area contributed by atoms with Crippen LogP contribution in [-0.4, -0.2) is 30.7 Å². The number of nitrogens with one attached hydrogen (secondary N) is 1. The van der Waals surface area contributed by atoms with Gasteiger partial charge >= 0.3 is 5.97 Å². The number of anilines is 1. The Bertz CT molecular complexity index is 788. The van der Waals surface area contributed by atoms with Gasteiger partial charge in [0.2, 0.25) is 0 Å². The first kappa shape index (κ1) is 21.3. The summed E-state index contributed by atoms with van der Waals surface area (Å²) in [5.74, 6) is 0.429. The minimum Gasteiger partial charge on any atom is -0.492 e. The molecule has 0 bridgehead atoms. The van der Waals surface area contributed by atoms with E-state index in [0.29, 0.717) is 29.4 Å². The van der Waals surface area contributed by atoms with Crippen LogP contribution >= 0.6 is 0 Å². The van der Waals surface area contributed by atoms with Crippen molar-refractivity contribution in [2.75, 3.05) is 11.9 Å². The summed E-state index contributed by atoms with van der Waals surface area (Å²) < 4.78 is 16.4. The van der Waals surface area contributed by atoms with Gasteiger partial charge < -0.3 is 19.5 Å². The Morgan fingerprint density at radius 2 is 1.68 bits per heavy atom. The van der Waals surface area contributed by atoms with Crippen LogP contribution in [0.4, 0.5) is 5.69 Å². The van der Waals surface area contributed by atoms with Crippen molar-refractivity contribution >= 4 is 17.6 Å². The molecule has 6 nitrogen and oxygen atoms in total. The average Bonchev–Trinajstić information content (AvgIpc) is 2.70. The van der Waals surface area contributed by atoms with E-state index in [1.807, 2.05) is 32.9 Å². The third-order valence-corrected chi connectivity index (χ3v) is 4.09. The van der Waals surface area contributed by atoms with Crippen LogP contribution in [0, 0.1) is 0 Å². The molecule has 2 atom stereocenters. The molecule has 2 rings (SSSR count). The molecule has 0 unspecified atom stereocenters. The van der Waals surface area contributed by atoms with Crippen LogP contribution in [0.3, 0.4) is 0 Å². The highest BCUT2D eigenvalue weighted by Crippen LogP contribution is 2.24. The molecule has 0 heterocycles. The molecule has 0 fully saturated rings. The second kappa shape index (κ2) is 10.3. The van der Waals surface area contributed by atoms with Gasteiger partial charge in [0.15, 0.2) is 6.10 Å². The van der Waals surface area contributed by atoms with Crippen LogP contribution in [-0.2, 0) is 9.53 Å². The monoisotopic (exact) mass is 385 g/mol. The van der Waals surface area contributed by atoms with Crippen LogP contribution in [0.5, 0.6) is 11.5 Å². The van der Waals surface area contributed by atoms with Crippen LogP contribution in [0.2, 0.25) is 0 Å². The number of hydrogen-bond acceptors (Lipinski definition) is 5. The SMILES string of the molecule is CCOc1ccccc1NC(=O)c1ccc(O[C@H](C)C(=O)O[C@@H](C)CC)cc1. The number of para-hydroxylation sites is 2. The lowest BCUT2D eigenvalue weighted by Crippen LogP contribution is -2.29. The van der Waals surface area contributed by atoms with E-state index in [0.717, 1.165) is 6.42 Å². The number of carbonyl (C=O) groups is 2. The molecular weight excluding hydrogens is 358 g/mol. The molecule has 0 aliphatic rings. The minimum atomic E-state index is -0.730. The average molecular weight is 385 g/mol. The van der Waals surface area contributed by atoms with Gasteiger partial charge in [-0.1, -0.05) is 19.1 Å². The lowest BCUT2D eigenvalue weighted by Gasteiger charge is -2.17. The predicted molar refractivity (Wildman–Crippen MR) is 108 cm³/mol. The van der Waals surface area contributed by atoms with Crippen LogP contribution in [0.15, 0.2) is 48.5 Å².